The summed E-state index contributed by atoms with van der Waals surface area (Å²) in [4.78, 5) is 15.9. The van der Waals surface area contributed by atoms with Crippen LogP contribution in [0.3, 0.4) is 0 Å². The summed E-state index contributed by atoms with van der Waals surface area (Å²) in [7, 11) is 0. The molecule has 2 heterocycles. The first kappa shape index (κ1) is 12.8. The van der Waals surface area contributed by atoms with Crippen LogP contribution in [0.2, 0.25) is 0 Å². The van der Waals surface area contributed by atoms with Crippen molar-refractivity contribution >= 4 is 17.3 Å². The van der Waals surface area contributed by atoms with Gasteiger partial charge in [0.1, 0.15) is 11.5 Å². The van der Waals surface area contributed by atoms with Crippen molar-refractivity contribution in [2.45, 2.75) is 26.6 Å². The molecule has 0 bridgehead atoms. The number of carbonyl (C=O) groups is 1. The van der Waals surface area contributed by atoms with Gasteiger partial charge >= 0.3 is 5.97 Å². The van der Waals surface area contributed by atoms with Crippen LogP contribution in [0.5, 0.6) is 0 Å². The average molecular weight is 267 g/mol. The van der Waals surface area contributed by atoms with Crippen LogP contribution in [0, 0.1) is 6.92 Å². The maximum Gasteiger partial charge on any atom is 0.332 e. The number of hydrogen-bond acceptors (Lipinski definition) is 5. The maximum absolute atomic E-state index is 10.6. The van der Waals surface area contributed by atoms with Gasteiger partial charge in [-0.25, -0.2) is 9.78 Å². The molecule has 0 aliphatic rings. The zero-order valence-electron chi connectivity index (χ0n) is 10.0. The minimum Gasteiger partial charge on any atom is -0.479 e. The number of carboxylic acids is 1. The normalized spacial score (nSPS) is 12.6. The molecule has 0 aliphatic carbocycles. The number of aryl methyl sites for hydroxylation is 1. The Bertz CT molecular complexity index is 532. The van der Waals surface area contributed by atoms with Crippen LogP contribution in [0.25, 0.3) is 10.8 Å². The maximum atomic E-state index is 10.6. The van der Waals surface area contributed by atoms with Gasteiger partial charge in [0, 0.05) is 0 Å². The molecule has 96 valence electrons. The Kier molecular flexibility index (Phi) is 3.78. The van der Waals surface area contributed by atoms with Crippen molar-refractivity contribution < 1.29 is 19.1 Å². The third-order valence-electron chi connectivity index (χ3n) is 2.44. The van der Waals surface area contributed by atoms with Gasteiger partial charge in [0.05, 0.1) is 11.5 Å². The highest BCUT2D eigenvalue weighted by molar-refractivity contribution is 7.13. The third-order valence-corrected chi connectivity index (χ3v) is 3.30. The Balaban J connectivity index is 2.08. The first-order valence-electron chi connectivity index (χ1n) is 5.42. The van der Waals surface area contributed by atoms with Crippen LogP contribution in [0.15, 0.2) is 21.9 Å². The Hall–Kier alpha value is -1.66. The van der Waals surface area contributed by atoms with Crippen LogP contribution in [0.1, 0.15) is 18.4 Å². The summed E-state index contributed by atoms with van der Waals surface area (Å²) in [5.74, 6) is 0.203. The van der Waals surface area contributed by atoms with Gasteiger partial charge in [-0.3, -0.25) is 0 Å². The van der Waals surface area contributed by atoms with Crippen LogP contribution >= 0.6 is 11.3 Å². The van der Waals surface area contributed by atoms with E-state index in [-0.39, 0.29) is 6.61 Å². The largest absolute Gasteiger partial charge is 0.479 e. The molecule has 0 aliphatic heterocycles. The molecule has 5 nitrogen and oxygen atoms in total. The number of oxazole rings is 1. The van der Waals surface area contributed by atoms with Gasteiger partial charge in [0.15, 0.2) is 6.10 Å². The molecule has 1 N–H and O–H groups in total. The lowest BCUT2D eigenvalue weighted by Crippen LogP contribution is -2.19. The van der Waals surface area contributed by atoms with Crippen molar-refractivity contribution in [1.29, 1.82) is 0 Å². The summed E-state index contributed by atoms with van der Waals surface area (Å²) in [6, 6.07) is 3.84. The van der Waals surface area contributed by atoms with E-state index < -0.39 is 12.1 Å². The Morgan fingerprint density at radius 3 is 3.06 bits per heavy atom. The highest BCUT2D eigenvalue weighted by Crippen LogP contribution is 2.26. The Morgan fingerprint density at radius 1 is 1.67 bits per heavy atom. The first-order valence-corrected chi connectivity index (χ1v) is 6.30. The number of thiophene rings is 1. The molecule has 0 fully saturated rings. The third kappa shape index (κ3) is 2.77. The molecule has 0 radical (unpaired) electrons. The summed E-state index contributed by atoms with van der Waals surface area (Å²) >= 11 is 1.54. The van der Waals surface area contributed by atoms with Gasteiger partial charge in [-0.1, -0.05) is 6.07 Å². The lowest BCUT2D eigenvalue weighted by atomic mass is 10.3. The Morgan fingerprint density at radius 2 is 2.44 bits per heavy atom. The molecule has 0 saturated heterocycles. The molecule has 2 aromatic heterocycles. The second kappa shape index (κ2) is 5.32. The van der Waals surface area contributed by atoms with Crippen molar-refractivity contribution in [3.8, 4) is 10.8 Å². The number of rotatable bonds is 5. The SMILES string of the molecule is Cc1oc(-c2cccs2)nc1CO[C@H](C)C(=O)O. The fraction of sp³-hybridized carbons (Fsp3) is 0.333. The minimum absolute atomic E-state index is 0.133. The molecule has 2 aromatic rings. The highest BCUT2D eigenvalue weighted by atomic mass is 32.1. The predicted molar refractivity (Wildman–Crippen MR) is 66.4 cm³/mol. The van der Waals surface area contributed by atoms with Crippen molar-refractivity contribution in [2.24, 2.45) is 0 Å². The summed E-state index contributed by atoms with van der Waals surface area (Å²) < 4.78 is 10.7. The van der Waals surface area contributed by atoms with Gasteiger partial charge in [-0.2, -0.15) is 0 Å². The molecule has 0 amide bonds. The lowest BCUT2D eigenvalue weighted by Gasteiger charge is -2.06. The average Bonchev–Trinajstić information content (AvgIpc) is 2.94. The highest BCUT2D eigenvalue weighted by Gasteiger charge is 2.16. The van der Waals surface area contributed by atoms with E-state index in [1.807, 2.05) is 17.5 Å². The fourth-order valence-corrected chi connectivity index (χ4v) is 1.99. The molecule has 0 saturated carbocycles. The molecule has 1 atom stereocenters. The standard InChI is InChI=1S/C12H13NO4S/c1-7-9(6-16-8(2)12(14)15)13-11(17-7)10-4-3-5-18-10/h3-5,8H,6H2,1-2H3,(H,14,15)/t8-/m1/s1. The summed E-state index contributed by atoms with van der Waals surface area (Å²) in [5.41, 5.74) is 0.631. The number of aliphatic carboxylic acids is 1. The van der Waals surface area contributed by atoms with E-state index in [0.717, 1.165) is 4.88 Å². The monoisotopic (exact) mass is 267 g/mol. The van der Waals surface area contributed by atoms with E-state index >= 15 is 0 Å². The minimum atomic E-state index is -0.991. The summed E-state index contributed by atoms with van der Waals surface area (Å²) in [6.45, 7) is 3.40. The molecular formula is C12H13NO4S. The smallest absolute Gasteiger partial charge is 0.332 e. The van der Waals surface area contributed by atoms with Gasteiger partial charge in [0.2, 0.25) is 5.89 Å². The van der Waals surface area contributed by atoms with E-state index in [9.17, 15) is 4.79 Å². The number of ether oxygens (including phenoxy) is 1. The van der Waals surface area contributed by atoms with Crippen LogP contribution in [-0.4, -0.2) is 22.2 Å². The van der Waals surface area contributed by atoms with Crippen molar-refractivity contribution in [3.63, 3.8) is 0 Å². The molecule has 0 aromatic carbocycles. The molecule has 6 heteroatoms. The molecule has 2 rings (SSSR count). The second-order valence-corrected chi connectivity index (χ2v) is 4.74. The van der Waals surface area contributed by atoms with Crippen LogP contribution < -0.4 is 0 Å². The van der Waals surface area contributed by atoms with Gasteiger partial charge in [-0.15, -0.1) is 11.3 Å². The summed E-state index contributed by atoms with van der Waals surface area (Å²) in [5, 5.41) is 10.7. The van der Waals surface area contributed by atoms with Crippen molar-refractivity contribution in [1.82, 2.24) is 4.98 Å². The number of nitrogens with zero attached hydrogens (tertiary/aromatic N) is 1. The van der Waals surface area contributed by atoms with Gasteiger partial charge in [0.25, 0.3) is 0 Å². The second-order valence-electron chi connectivity index (χ2n) is 3.79. The zero-order valence-corrected chi connectivity index (χ0v) is 10.9. The molecule has 0 unspecified atom stereocenters. The van der Waals surface area contributed by atoms with Gasteiger partial charge in [-0.05, 0) is 25.3 Å². The van der Waals surface area contributed by atoms with E-state index in [2.05, 4.69) is 4.98 Å². The van der Waals surface area contributed by atoms with E-state index in [4.69, 9.17) is 14.3 Å². The van der Waals surface area contributed by atoms with Crippen molar-refractivity contribution in [2.75, 3.05) is 0 Å². The summed E-state index contributed by atoms with van der Waals surface area (Å²) in [6.07, 6.45) is -0.855. The molecule has 18 heavy (non-hydrogen) atoms. The van der Waals surface area contributed by atoms with E-state index in [0.29, 0.717) is 17.3 Å². The van der Waals surface area contributed by atoms with E-state index in [1.165, 1.54) is 18.3 Å². The predicted octanol–water partition coefficient (Wildman–Crippen LogP) is 2.70. The van der Waals surface area contributed by atoms with E-state index in [1.54, 1.807) is 6.92 Å². The fourth-order valence-electron chi connectivity index (χ4n) is 1.34. The molecular weight excluding hydrogens is 254 g/mol. The van der Waals surface area contributed by atoms with Crippen LogP contribution in [0.4, 0.5) is 0 Å². The number of carboxylic acid groups (broad SMARTS) is 1. The lowest BCUT2D eigenvalue weighted by molar-refractivity contribution is -0.149. The number of hydrogen-bond donors (Lipinski definition) is 1. The number of aromatic nitrogens is 1. The van der Waals surface area contributed by atoms with Crippen LogP contribution in [-0.2, 0) is 16.1 Å². The van der Waals surface area contributed by atoms with Crippen molar-refractivity contribution in [3.05, 3.63) is 29.0 Å². The topological polar surface area (TPSA) is 72.6 Å². The quantitative estimate of drug-likeness (QED) is 0.901. The Labute approximate surface area is 108 Å². The first-order chi connectivity index (χ1) is 8.58. The van der Waals surface area contributed by atoms with Gasteiger partial charge < -0.3 is 14.3 Å². The zero-order chi connectivity index (χ0) is 13.1. The molecule has 0 spiro atoms.